The minimum absolute atomic E-state index is 0.0488. The highest BCUT2D eigenvalue weighted by atomic mass is 32.2. The van der Waals surface area contributed by atoms with Crippen LogP contribution in [-0.4, -0.2) is 19.5 Å². The maximum atomic E-state index is 11.2. The molecular formula is C16H16N2O4S. The normalized spacial score (nSPS) is 12.0. The van der Waals surface area contributed by atoms with E-state index in [9.17, 15) is 13.2 Å². The van der Waals surface area contributed by atoms with E-state index in [2.05, 4.69) is 5.32 Å². The molecule has 2 aromatic carbocycles. The molecule has 6 nitrogen and oxygen atoms in total. The van der Waals surface area contributed by atoms with Crippen LogP contribution in [-0.2, 0) is 14.8 Å². The zero-order valence-corrected chi connectivity index (χ0v) is 13.2. The number of hydrogen-bond acceptors (Lipinski definition) is 4. The van der Waals surface area contributed by atoms with E-state index in [0.29, 0.717) is 5.69 Å². The van der Waals surface area contributed by atoms with Gasteiger partial charge in [-0.15, -0.1) is 0 Å². The Morgan fingerprint density at radius 2 is 1.52 bits per heavy atom. The molecule has 0 fully saturated rings. The number of carbonyl (C=O) groups is 1. The van der Waals surface area contributed by atoms with E-state index in [1.165, 1.54) is 19.1 Å². The topological polar surface area (TPSA) is 109 Å². The van der Waals surface area contributed by atoms with Gasteiger partial charge < -0.3 is 10.4 Å². The van der Waals surface area contributed by atoms with Crippen LogP contribution in [0.25, 0.3) is 6.08 Å². The van der Waals surface area contributed by atoms with Gasteiger partial charge in [-0.2, -0.15) is 0 Å². The molecule has 0 radical (unpaired) electrons. The van der Waals surface area contributed by atoms with Gasteiger partial charge >= 0.3 is 5.97 Å². The number of aliphatic carboxylic acids is 1. The highest BCUT2D eigenvalue weighted by Gasteiger charge is 2.06. The first-order valence-corrected chi connectivity index (χ1v) is 8.22. The zero-order chi connectivity index (χ0) is 17.0. The van der Waals surface area contributed by atoms with Gasteiger partial charge in [-0.25, -0.2) is 18.4 Å². The van der Waals surface area contributed by atoms with Crippen LogP contribution in [0.4, 0.5) is 11.4 Å². The maximum Gasteiger partial charge on any atom is 0.331 e. The predicted octanol–water partition coefficient (Wildman–Crippen LogP) is 2.57. The molecule has 0 aliphatic carbocycles. The molecule has 2 aromatic rings. The van der Waals surface area contributed by atoms with Gasteiger partial charge in [0, 0.05) is 16.9 Å². The molecule has 0 aromatic heterocycles. The van der Waals surface area contributed by atoms with Gasteiger partial charge in [0.25, 0.3) is 0 Å². The van der Waals surface area contributed by atoms with Crippen molar-refractivity contribution in [3.63, 3.8) is 0 Å². The first-order chi connectivity index (χ1) is 10.8. The molecule has 0 bridgehead atoms. The Kier molecular flexibility index (Phi) is 4.83. The minimum Gasteiger partial charge on any atom is -0.478 e. The van der Waals surface area contributed by atoms with Crippen LogP contribution in [0.1, 0.15) is 12.5 Å². The first kappa shape index (κ1) is 16.7. The number of sulfonamides is 1. The summed E-state index contributed by atoms with van der Waals surface area (Å²) in [6.07, 6.45) is 1.58. The summed E-state index contributed by atoms with van der Waals surface area (Å²) >= 11 is 0. The minimum atomic E-state index is -3.70. The van der Waals surface area contributed by atoms with Crippen LogP contribution < -0.4 is 10.5 Å². The fourth-order valence-corrected chi connectivity index (χ4v) is 2.38. The fourth-order valence-electron chi connectivity index (χ4n) is 1.87. The van der Waals surface area contributed by atoms with Gasteiger partial charge in [0.2, 0.25) is 10.0 Å². The molecule has 0 unspecified atom stereocenters. The molecule has 2 rings (SSSR count). The van der Waals surface area contributed by atoms with E-state index in [1.807, 2.05) is 0 Å². The maximum absolute atomic E-state index is 11.2. The molecule has 23 heavy (non-hydrogen) atoms. The van der Waals surface area contributed by atoms with Crippen LogP contribution >= 0.6 is 0 Å². The second-order valence-electron chi connectivity index (χ2n) is 4.95. The molecule has 0 saturated carbocycles. The number of anilines is 2. The molecule has 4 N–H and O–H groups in total. The Morgan fingerprint density at radius 1 is 1.04 bits per heavy atom. The summed E-state index contributed by atoms with van der Waals surface area (Å²) in [5, 5.41) is 17.0. The average Bonchev–Trinajstić information content (AvgIpc) is 2.49. The van der Waals surface area contributed by atoms with Crippen LogP contribution in [0, 0.1) is 0 Å². The third kappa shape index (κ3) is 4.67. The number of carboxylic acid groups (broad SMARTS) is 1. The second-order valence-corrected chi connectivity index (χ2v) is 6.51. The van der Waals surface area contributed by atoms with Crippen molar-refractivity contribution in [3.05, 3.63) is 59.7 Å². The van der Waals surface area contributed by atoms with Crippen molar-refractivity contribution in [1.29, 1.82) is 0 Å². The summed E-state index contributed by atoms with van der Waals surface area (Å²) in [6, 6.07) is 13.2. The van der Waals surface area contributed by atoms with Crippen molar-refractivity contribution >= 4 is 33.4 Å². The highest BCUT2D eigenvalue weighted by Crippen LogP contribution is 2.19. The molecule has 120 valence electrons. The number of carboxylic acids is 1. The van der Waals surface area contributed by atoms with Gasteiger partial charge in [0.15, 0.2) is 0 Å². The quantitative estimate of drug-likeness (QED) is 0.729. The monoisotopic (exact) mass is 332 g/mol. The van der Waals surface area contributed by atoms with Crippen LogP contribution in [0.3, 0.4) is 0 Å². The Morgan fingerprint density at radius 3 is 1.96 bits per heavy atom. The van der Waals surface area contributed by atoms with Gasteiger partial charge in [-0.3, -0.25) is 0 Å². The second kappa shape index (κ2) is 6.64. The van der Waals surface area contributed by atoms with Crippen molar-refractivity contribution in [3.8, 4) is 0 Å². The third-order valence-electron chi connectivity index (χ3n) is 3.10. The lowest BCUT2D eigenvalue weighted by Gasteiger charge is -2.07. The molecular weight excluding hydrogens is 316 g/mol. The lowest BCUT2D eigenvalue weighted by molar-refractivity contribution is -0.132. The molecule has 0 aliphatic rings. The molecule has 7 heteroatoms. The van der Waals surface area contributed by atoms with Crippen molar-refractivity contribution in [1.82, 2.24) is 0 Å². The smallest absolute Gasteiger partial charge is 0.331 e. The Balaban J connectivity index is 2.12. The number of primary sulfonamides is 1. The Labute approximate surface area is 134 Å². The van der Waals surface area contributed by atoms with Gasteiger partial charge in [-0.05, 0) is 55.0 Å². The Hall–Kier alpha value is -2.64. The van der Waals surface area contributed by atoms with Crippen molar-refractivity contribution in [2.24, 2.45) is 5.14 Å². The van der Waals surface area contributed by atoms with E-state index in [1.54, 1.807) is 42.5 Å². The number of hydrogen-bond donors (Lipinski definition) is 3. The summed E-state index contributed by atoms with van der Waals surface area (Å²) in [5.41, 5.74) is 2.53. The molecule has 0 aliphatic heterocycles. The van der Waals surface area contributed by atoms with E-state index in [4.69, 9.17) is 10.2 Å². The van der Waals surface area contributed by atoms with Crippen LogP contribution in [0.15, 0.2) is 59.0 Å². The number of nitrogens with one attached hydrogen (secondary N) is 1. The van der Waals surface area contributed by atoms with E-state index >= 15 is 0 Å². The molecule has 0 heterocycles. The van der Waals surface area contributed by atoms with Gasteiger partial charge in [0.1, 0.15) is 0 Å². The summed E-state index contributed by atoms with van der Waals surface area (Å²) in [4.78, 5) is 10.8. The standard InChI is InChI=1S/C16H16N2O4S/c1-11(16(19)20)10-12-2-4-13(5-3-12)18-14-6-8-15(9-7-14)23(17,21)22/h2-10,18H,1H3,(H,19,20)(H2,17,21,22)/b11-10+. The SMILES string of the molecule is C/C(=C\c1ccc(Nc2ccc(S(N)(=O)=O)cc2)cc1)C(=O)O. The number of rotatable bonds is 5. The highest BCUT2D eigenvalue weighted by molar-refractivity contribution is 7.89. The molecule has 0 atom stereocenters. The van der Waals surface area contributed by atoms with Crippen molar-refractivity contribution < 1.29 is 18.3 Å². The number of nitrogens with two attached hydrogens (primary N) is 1. The van der Waals surface area contributed by atoms with Gasteiger partial charge in [-0.1, -0.05) is 12.1 Å². The number of benzene rings is 2. The van der Waals surface area contributed by atoms with E-state index in [-0.39, 0.29) is 10.5 Å². The molecule has 0 amide bonds. The predicted molar refractivity (Wildman–Crippen MR) is 88.8 cm³/mol. The zero-order valence-electron chi connectivity index (χ0n) is 12.4. The van der Waals surface area contributed by atoms with Crippen LogP contribution in [0.5, 0.6) is 0 Å². The fraction of sp³-hybridized carbons (Fsp3) is 0.0625. The van der Waals surface area contributed by atoms with Crippen molar-refractivity contribution in [2.75, 3.05) is 5.32 Å². The van der Waals surface area contributed by atoms with E-state index < -0.39 is 16.0 Å². The Bertz CT molecular complexity index is 839. The summed E-state index contributed by atoms with van der Waals surface area (Å²) < 4.78 is 22.4. The van der Waals surface area contributed by atoms with Crippen LogP contribution in [0.2, 0.25) is 0 Å². The molecule has 0 spiro atoms. The molecule has 0 saturated heterocycles. The lowest BCUT2D eigenvalue weighted by atomic mass is 10.1. The first-order valence-electron chi connectivity index (χ1n) is 6.67. The third-order valence-corrected chi connectivity index (χ3v) is 4.03. The largest absolute Gasteiger partial charge is 0.478 e. The average molecular weight is 332 g/mol. The summed E-state index contributed by atoms with van der Waals surface area (Å²) in [6.45, 7) is 1.53. The summed E-state index contributed by atoms with van der Waals surface area (Å²) in [5.74, 6) is -0.956. The van der Waals surface area contributed by atoms with Gasteiger partial charge in [0.05, 0.1) is 4.90 Å². The lowest BCUT2D eigenvalue weighted by Crippen LogP contribution is -2.11. The summed E-state index contributed by atoms with van der Waals surface area (Å²) in [7, 11) is -3.70. The van der Waals surface area contributed by atoms with Crippen molar-refractivity contribution in [2.45, 2.75) is 11.8 Å². The van der Waals surface area contributed by atoms with E-state index in [0.717, 1.165) is 11.3 Å².